The molecule has 2 heterocycles. The Morgan fingerprint density at radius 1 is 1.19 bits per heavy atom. The number of rotatable bonds is 3. The largest absolute Gasteiger partial charge is 0.478 e. The molecule has 1 aromatic carbocycles. The molecule has 3 aromatic rings. The van der Waals surface area contributed by atoms with E-state index in [1.54, 1.807) is 24.4 Å². The third-order valence-corrected chi connectivity index (χ3v) is 3.01. The Bertz CT molecular complexity index is 833. The van der Waals surface area contributed by atoms with Gasteiger partial charge >= 0.3 is 5.97 Å². The highest BCUT2D eigenvalue weighted by Gasteiger charge is 2.10. The quantitative estimate of drug-likeness (QED) is 0.794. The predicted molar refractivity (Wildman–Crippen MR) is 75.5 cm³/mol. The van der Waals surface area contributed by atoms with E-state index in [1.165, 1.54) is 18.5 Å². The Morgan fingerprint density at radius 3 is 2.81 bits per heavy atom. The van der Waals surface area contributed by atoms with Crippen LogP contribution >= 0.6 is 0 Å². The number of carbonyl (C=O) groups is 1. The molecular formula is C15H11N3O3. The molecule has 6 heteroatoms. The summed E-state index contributed by atoms with van der Waals surface area (Å²) in [6.07, 6.45) is 3.02. The minimum absolute atomic E-state index is 0.171. The summed E-state index contributed by atoms with van der Waals surface area (Å²) in [4.78, 5) is 23.3. The number of nitrogens with zero attached hydrogens (tertiary/aromatic N) is 3. The molecule has 0 fully saturated rings. The van der Waals surface area contributed by atoms with Crippen LogP contribution in [0.1, 0.15) is 16.1 Å². The maximum Gasteiger partial charge on any atom is 0.335 e. The maximum atomic E-state index is 11.0. The van der Waals surface area contributed by atoms with Gasteiger partial charge < -0.3 is 9.84 Å². The first-order chi connectivity index (χ1) is 10.1. The molecule has 0 unspecified atom stereocenters. The second-order valence-corrected chi connectivity index (χ2v) is 4.40. The lowest BCUT2D eigenvalue weighted by Gasteiger charge is -2.09. The highest BCUT2D eigenvalue weighted by atomic mass is 16.5. The van der Waals surface area contributed by atoms with Crippen LogP contribution in [0.15, 0.2) is 42.9 Å². The molecule has 6 nitrogen and oxygen atoms in total. The molecule has 0 bridgehead atoms. The summed E-state index contributed by atoms with van der Waals surface area (Å²) in [7, 11) is 0. The number of fused-ring (bicyclic) bond motifs is 1. The maximum absolute atomic E-state index is 11.0. The van der Waals surface area contributed by atoms with Crippen LogP contribution in [0.3, 0.4) is 0 Å². The average Bonchev–Trinajstić information content (AvgIpc) is 2.49. The van der Waals surface area contributed by atoms with Crippen LogP contribution in [0.4, 0.5) is 0 Å². The molecule has 0 aliphatic heterocycles. The number of aromatic carboxylic acids is 1. The summed E-state index contributed by atoms with van der Waals surface area (Å²) in [6, 6.07) is 8.19. The van der Waals surface area contributed by atoms with Crippen molar-refractivity contribution in [2.45, 2.75) is 6.92 Å². The van der Waals surface area contributed by atoms with E-state index in [0.717, 1.165) is 5.69 Å². The van der Waals surface area contributed by atoms with Crippen LogP contribution in [-0.4, -0.2) is 26.0 Å². The van der Waals surface area contributed by atoms with Gasteiger partial charge in [-0.3, -0.25) is 4.98 Å². The number of ether oxygens (including phenoxy) is 1. The van der Waals surface area contributed by atoms with Gasteiger partial charge in [-0.1, -0.05) is 0 Å². The number of carboxylic acid groups (broad SMARTS) is 1. The van der Waals surface area contributed by atoms with Crippen molar-refractivity contribution in [3.05, 3.63) is 54.1 Å². The lowest BCUT2D eigenvalue weighted by Crippen LogP contribution is -1.98. The molecule has 2 aromatic heterocycles. The minimum atomic E-state index is -0.999. The van der Waals surface area contributed by atoms with Crippen molar-refractivity contribution < 1.29 is 14.6 Å². The number of aromatic nitrogens is 3. The van der Waals surface area contributed by atoms with Gasteiger partial charge in [0.2, 0.25) is 5.88 Å². The number of hydrogen-bond donors (Lipinski definition) is 1. The van der Waals surface area contributed by atoms with Crippen molar-refractivity contribution in [2.24, 2.45) is 0 Å². The molecule has 21 heavy (non-hydrogen) atoms. The molecule has 3 rings (SSSR count). The van der Waals surface area contributed by atoms with Crippen LogP contribution in [0, 0.1) is 6.92 Å². The predicted octanol–water partition coefficient (Wildman–Crippen LogP) is 2.82. The lowest BCUT2D eigenvalue weighted by atomic mass is 10.1. The summed E-state index contributed by atoms with van der Waals surface area (Å²) in [5.41, 5.74) is 1.43. The van der Waals surface area contributed by atoms with Crippen LogP contribution in [0.5, 0.6) is 11.6 Å². The van der Waals surface area contributed by atoms with Crippen LogP contribution in [-0.2, 0) is 0 Å². The van der Waals surface area contributed by atoms with Gasteiger partial charge in [-0.05, 0) is 37.3 Å². The first kappa shape index (κ1) is 13.0. The van der Waals surface area contributed by atoms with E-state index in [0.29, 0.717) is 22.5 Å². The van der Waals surface area contributed by atoms with Crippen LogP contribution in [0.25, 0.3) is 10.9 Å². The minimum Gasteiger partial charge on any atom is -0.478 e. The molecule has 0 saturated heterocycles. The van der Waals surface area contributed by atoms with Gasteiger partial charge in [0.25, 0.3) is 0 Å². The molecule has 0 radical (unpaired) electrons. The van der Waals surface area contributed by atoms with Crippen molar-refractivity contribution in [2.75, 3.05) is 0 Å². The number of hydrogen-bond acceptors (Lipinski definition) is 5. The summed E-state index contributed by atoms with van der Waals surface area (Å²) in [6.45, 7) is 1.83. The van der Waals surface area contributed by atoms with Gasteiger partial charge in [0.15, 0.2) is 5.75 Å². The summed E-state index contributed by atoms with van der Waals surface area (Å²) >= 11 is 0. The van der Waals surface area contributed by atoms with E-state index in [-0.39, 0.29) is 5.56 Å². The molecule has 0 atom stereocenters. The molecule has 0 amide bonds. The Kier molecular flexibility index (Phi) is 3.19. The van der Waals surface area contributed by atoms with Gasteiger partial charge in [0.05, 0.1) is 22.2 Å². The molecule has 0 aliphatic rings. The SMILES string of the molecule is Cc1ncccc1Oc1ncnc2cc(C(=O)O)ccc12. The van der Waals surface area contributed by atoms with Crippen molar-refractivity contribution in [3.8, 4) is 11.6 Å². The van der Waals surface area contributed by atoms with Crippen molar-refractivity contribution >= 4 is 16.9 Å². The van der Waals surface area contributed by atoms with E-state index in [2.05, 4.69) is 15.0 Å². The Labute approximate surface area is 120 Å². The van der Waals surface area contributed by atoms with E-state index in [1.807, 2.05) is 6.92 Å². The molecule has 0 saturated carbocycles. The zero-order valence-corrected chi connectivity index (χ0v) is 11.1. The Morgan fingerprint density at radius 2 is 2.05 bits per heavy atom. The topological polar surface area (TPSA) is 85.2 Å². The Balaban J connectivity index is 2.07. The smallest absolute Gasteiger partial charge is 0.335 e. The van der Waals surface area contributed by atoms with E-state index in [4.69, 9.17) is 9.84 Å². The van der Waals surface area contributed by atoms with E-state index >= 15 is 0 Å². The third kappa shape index (κ3) is 2.51. The monoisotopic (exact) mass is 281 g/mol. The number of aryl methyl sites for hydroxylation is 1. The van der Waals surface area contributed by atoms with Gasteiger partial charge in [-0.15, -0.1) is 0 Å². The van der Waals surface area contributed by atoms with E-state index in [9.17, 15) is 4.79 Å². The van der Waals surface area contributed by atoms with Crippen molar-refractivity contribution in [3.63, 3.8) is 0 Å². The summed E-state index contributed by atoms with van der Waals surface area (Å²) in [5.74, 6) is -0.0334. The molecular weight excluding hydrogens is 270 g/mol. The Hall–Kier alpha value is -3.02. The molecule has 0 aliphatic carbocycles. The second-order valence-electron chi connectivity index (χ2n) is 4.40. The van der Waals surface area contributed by atoms with Gasteiger partial charge in [0.1, 0.15) is 6.33 Å². The van der Waals surface area contributed by atoms with E-state index < -0.39 is 5.97 Å². The zero-order valence-electron chi connectivity index (χ0n) is 11.1. The molecule has 0 spiro atoms. The fourth-order valence-electron chi connectivity index (χ4n) is 1.93. The summed E-state index contributed by atoms with van der Waals surface area (Å²) in [5, 5.41) is 9.65. The van der Waals surface area contributed by atoms with Crippen LogP contribution in [0.2, 0.25) is 0 Å². The standard InChI is InChI=1S/C15H11N3O3/c1-9-13(3-2-6-16-9)21-14-11-5-4-10(15(19)20)7-12(11)17-8-18-14/h2-8H,1H3,(H,19,20). The molecule has 1 N–H and O–H groups in total. The van der Waals surface area contributed by atoms with Gasteiger partial charge in [-0.2, -0.15) is 0 Å². The first-order valence-electron chi connectivity index (χ1n) is 6.22. The number of carboxylic acids is 1. The number of pyridine rings is 1. The lowest BCUT2D eigenvalue weighted by molar-refractivity contribution is 0.0697. The first-order valence-corrected chi connectivity index (χ1v) is 6.22. The van der Waals surface area contributed by atoms with Crippen molar-refractivity contribution in [1.29, 1.82) is 0 Å². The highest BCUT2D eigenvalue weighted by molar-refractivity contribution is 5.94. The summed E-state index contributed by atoms with van der Waals surface area (Å²) < 4.78 is 5.76. The van der Waals surface area contributed by atoms with Gasteiger partial charge in [-0.25, -0.2) is 14.8 Å². The third-order valence-electron chi connectivity index (χ3n) is 3.01. The highest BCUT2D eigenvalue weighted by Crippen LogP contribution is 2.28. The van der Waals surface area contributed by atoms with Crippen LogP contribution < -0.4 is 4.74 Å². The second kappa shape index (κ2) is 5.16. The fraction of sp³-hybridized carbons (Fsp3) is 0.0667. The van der Waals surface area contributed by atoms with Gasteiger partial charge in [0, 0.05) is 6.20 Å². The normalized spacial score (nSPS) is 10.5. The zero-order chi connectivity index (χ0) is 14.8. The van der Waals surface area contributed by atoms with Crippen molar-refractivity contribution in [1.82, 2.24) is 15.0 Å². The number of benzene rings is 1. The average molecular weight is 281 g/mol. The fourth-order valence-corrected chi connectivity index (χ4v) is 1.93. The molecule has 104 valence electrons.